The van der Waals surface area contributed by atoms with Gasteiger partial charge in [-0.05, 0) is 54.8 Å². The number of aromatic nitrogens is 2. The van der Waals surface area contributed by atoms with Gasteiger partial charge < -0.3 is 4.42 Å². The summed E-state index contributed by atoms with van der Waals surface area (Å²) in [6, 6.07) is 13.0. The molecule has 3 aromatic rings. The molecule has 4 rings (SSSR count). The van der Waals surface area contributed by atoms with Gasteiger partial charge in [0.25, 0.3) is 10.9 Å². The van der Waals surface area contributed by atoms with Crippen molar-refractivity contribution < 1.29 is 17.8 Å². The van der Waals surface area contributed by atoms with E-state index in [0.29, 0.717) is 24.9 Å². The van der Waals surface area contributed by atoms with Crippen molar-refractivity contribution in [1.82, 2.24) is 14.5 Å². The summed E-state index contributed by atoms with van der Waals surface area (Å²) >= 11 is 0.923. The Balaban J connectivity index is 1.60. The third-order valence-electron chi connectivity index (χ3n) is 5.13. The van der Waals surface area contributed by atoms with E-state index in [4.69, 9.17) is 4.42 Å². The van der Waals surface area contributed by atoms with Crippen LogP contribution in [-0.4, -0.2) is 40.9 Å². The van der Waals surface area contributed by atoms with Crippen LogP contribution in [0.25, 0.3) is 11.5 Å². The van der Waals surface area contributed by atoms with Gasteiger partial charge in [-0.2, -0.15) is 4.31 Å². The van der Waals surface area contributed by atoms with Crippen molar-refractivity contribution in [1.29, 1.82) is 0 Å². The molecule has 0 N–H and O–H groups in total. The van der Waals surface area contributed by atoms with Crippen LogP contribution in [0.15, 0.2) is 68.0 Å². The number of piperidine rings is 1. The number of nitro benzene ring substituents is 1. The first-order valence-corrected chi connectivity index (χ1v) is 12.0. The lowest BCUT2D eigenvalue weighted by Crippen LogP contribution is -2.37. The van der Waals surface area contributed by atoms with Crippen molar-refractivity contribution in [2.75, 3.05) is 13.1 Å². The van der Waals surface area contributed by atoms with Gasteiger partial charge in [0.2, 0.25) is 15.9 Å². The Morgan fingerprint density at radius 1 is 1.13 bits per heavy atom. The standard InChI is InChI=1S/C20H20N4O5S2/c1-14-9-11-23(12-10-14)31(27,28)16-7-8-18(17(13-16)24(25)26)30-20-22-21-19(29-20)15-5-3-2-4-6-15/h2-8,13-14H,9-12H2,1H3. The molecule has 0 radical (unpaired) electrons. The molecule has 0 unspecified atom stereocenters. The molecular weight excluding hydrogens is 440 g/mol. The third kappa shape index (κ3) is 4.63. The van der Waals surface area contributed by atoms with Crippen LogP contribution in [0.4, 0.5) is 5.69 Å². The molecule has 1 aromatic heterocycles. The highest BCUT2D eigenvalue weighted by molar-refractivity contribution is 7.99. The van der Waals surface area contributed by atoms with Crippen LogP contribution < -0.4 is 0 Å². The van der Waals surface area contributed by atoms with Crippen molar-refractivity contribution in [3.05, 3.63) is 58.6 Å². The Kier molecular flexibility index (Phi) is 6.08. The first-order chi connectivity index (χ1) is 14.8. The van der Waals surface area contributed by atoms with Crippen molar-refractivity contribution in [3.8, 4) is 11.5 Å². The van der Waals surface area contributed by atoms with Crippen LogP contribution in [0.3, 0.4) is 0 Å². The Morgan fingerprint density at radius 2 is 1.84 bits per heavy atom. The van der Waals surface area contributed by atoms with E-state index in [1.54, 1.807) is 0 Å². The van der Waals surface area contributed by atoms with Crippen molar-refractivity contribution >= 4 is 27.5 Å². The van der Waals surface area contributed by atoms with Gasteiger partial charge in [0.15, 0.2) is 0 Å². The number of nitro groups is 1. The Bertz CT molecular complexity index is 1190. The van der Waals surface area contributed by atoms with Gasteiger partial charge in [-0.25, -0.2) is 8.42 Å². The molecule has 1 saturated heterocycles. The summed E-state index contributed by atoms with van der Waals surface area (Å²) in [7, 11) is -3.79. The zero-order chi connectivity index (χ0) is 22.0. The van der Waals surface area contributed by atoms with E-state index in [-0.39, 0.29) is 20.7 Å². The highest BCUT2D eigenvalue weighted by Crippen LogP contribution is 2.37. The highest BCUT2D eigenvalue weighted by Gasteiger charge is 2.30. The summed E-state index contributed by atoms with van der Waals surface area (Å²) < 4.78 is 32.9. The Labute approximate surface area is 183 Å². The Morgan fingerprint density at radius 3 is 2.52 bits per heavy atom. The number of hydrogen-bond acceptors (Lipinski definition) is 8. The second-order valence-electron chi connectivity index (χ2n) is 7.31. The van der Waals surface area contributed by atoms with E-state index in [1.165, 1.54) is 16.4 Å². The fraction of sp³-hybridized carbons (Fsp3) is 0.300. The molecule has 2 heterocycles. The van der Waals surface area contributed by atoms with Gasteiger partial charge in [0, 0.05) is 24.7 Å². The predicted octanol–water partition coefficient (Wildman–Crippen LogP) is 4.22. The molecule has 0 atom stereocenters. The molecule has 1 fully saturated rings. The third-order valence-corrected chi connectivity index (χ3v) is 7.93. The van der Waals surface area contributed by atoms with Gasteiger partial charge in [-0.1, -0.05) is 25.1 Å². The smallest absolute Gasteiger partial charge is 0.284 e. The van der Waals surface area contributed by atoms with Crippen LogP contribution >= 0.6 is 11.8 Å². The van der Waals surface area contributed by atoms with Crippen LogP contribution in [0.1, 0.15) is 19.8 Å². The average molecular weight is 461 g/mol. The molecule has 1 aliphatic heterocycles. The van der Waals surface area contributed by atoms with E-state index in [1.807, 2.05) is 30.3 Å². The molecule has 162 valence electrons. The molecule has 0 bridgehead atoms. The normalized spacial score (nSPS) is 15.8. The van der Waals surface area contributed by atoms with Crippen LogP contribution in [0.5, 0.6) is 0 Å². The minimum atomic E-state index is -3.79. The molecule has 31 heavy (non-hydrogen) atoms. The van der Waals surface area contributed by atoms with Gasteiger partial charge in [0.05, 0.1) is 14.7 Å². The van der Waals surface area contributed by atoms with Crippen LogP contribution in [0.2, 0.25) is 0 Å². The highest BCUT2D eigenvalue weighted by atomic mass is 32.2. The quantitative estimate of drug-likeness (QED) is 0.396. The van der Waals surface area contributed by atoms with E-state index in [9.17, 15) is 18.5 Å². The van der Waals surface area contributed by atoms with E-state index in [0.717, 1.165) is 36.2 Å². The van der Waals surface area contributed by atoms with E-state index < -0.39 is 14.9 Å². The minimum absolute atomic E-state index is 0.0893. The number of nitrogens with zero attached hydrogens (tertiary/aromatic N) is 4. The summed E-state index contributed by atoms with van der Waals surface area (Å²) in [5, 5.41) is 19.7. The fourth-order valence-electron chi connectivity index (χ4n) is 3.30. The average Bonchev–Trinajstić information content (AvgIpc) is 3.23. The zero-order valence-corrected chi connectivity index (χ0v) is 18.3. The maximum atomic E-state index is 13.0. The number of rotatable bonds is 6. The lowest BCUT2D eigenvalue weighted by molar-refractivity contribution is -0.388. The molecule has 0 spiro atoms. The predicted molar refractivity (Wildman–Crippen MR) is 114 cm³/mol. The molecule has 2 aromatic carbocycles. The number of sulfonamides is 1. The van der Waals surface area contributed by atoms with Crippen molar-refractivity contribution in [3.63, 3.8) is 0 Å². The van der Waals surface area contributed by atoms with Gasteiger partial charge in [-0.3, -0.25) is 10.1 Å². The second-order valence-corrected chi connectivity index (χ2v) is 10.2. The summed E-state index contributed by atoms with van der Waals surface area (Å²) in [6.45, 7) is 2.91. The zero-order valence-electron chi connectivity index (χ0n) is 16.7. The number of hydrogen-bond donors (Lipinski definition) is 0. The van der Waals surface area contributed by atoms with Crippen LogP contribution in [0, 0.1) is 16.0 Å². The molecule has 9 nitrogen and oxygen atoms in total. The minimum Gasteiger partial charge on any atom is -0.411 e. The van der Waals surface area contributed by atoms with E-state index >= 15 is 0 Å². The maximum absolute atomic E-state index is 13.0. The molecule has 0 aliphatic carbocycles. The number of benzene rings is 2. The van der Waals surface area contributed by atoms with Gasteiger partial charge >= 0.3 is 0 Å². The molecular formula is C20H20N4O5S2. The van der Waals surface area contributed by atoms with E-state index in [2.05, 4.69) is 17.1 Å². The summed E-state index contributed by atoms with van der Waals surface area (Å²) in [6.07, 6.45) is 1.55. The second kappa shape index (κ2) is 8.77. The molecule has 0 saturated carbocycles. The van der Waals surface area contributed by atoms with Crippen molar-refractivity contribution in [2.24, 2.45) is 5.92 Å². The Hall–Kier alpha value is -2.76. The van der Waals surface area contributed by atoms with Crippen LogP contribution in [-0.2, 0) is 10.0 Å². The topological polar surface area (TPSA) is 119 Å². The van der Waals surface area contributed by atoms with Gasteiger partial charge in [0.1, 0.15) is 0 Å². The maximum Gasteiger partial charge on any atom is 0.284 e. The first-order valence-electron chi connectivity index (χ1n) is 9.70. The summed E-state index contributed by atoms with van der Waals surface area (Å²) in [5.74, 6) is 0.763. The largest absolute Gasteiger partial charge is 0.411 e. The lowest BCUT2D eigenvalue weighted by atomic mass is 10.0. The summed E-state index contributed by atoms with van der Waals surface area (Å²) in [5.41, 5.74) is 0.407. The molecule has 1 aliphatic rings. The summed E-state index contributed by atoms with van der Waals surface area (Å²) in [4.78, 5) is 11.2. The SMILES string of the molecule is CC1CCN(S(=O)(=O)c2ccc(Sc3nnc(-c4ccccc4)o3)c([N+](=O)[O-])c2)CC1. The molecule has 11 heteroatoms. The van der Waals surface area contributed by atoms with Gasteiger partial charge in [-0.15, -0.1) is 10.2 Å². The van der Waals surface area contributed by atoms with Crippen molar-refractivity contribution in [2.45, 2.75) is 34.8 Å². The lowest BCUT2D eigenvalue weighted by Gasteiger charge is -2.29. The molecule has 0 amide bonds. The fourth-order valence-corrected chi connectivity index (χ4v) is 5.56. The first kappa shape index (κ1) is 21.5. The monoisotopic (exact) mass is 460 g/mol.